The molecule has 2 rings (SSSR count). The Hall–Kier alpha value is -2.24. The molecule has 1 aromatic carbocycles. The number of anilines is 1. The molecule has 1 aliphatic rings. The monoisotopic (exact) mass is 319 g/mol. The van der Waals surface area contributed by atoms with Gasteiger partial charge in [-0.2, -0.15) is 0 Å². The number of hydrogen-bond donors (Lipinski definition) is 1. The molecule has 1 aromatic rings. The lowest BCUT2D eigenvalue weighted by molar-refractivity contribution is -0.117. The zero-order valence-electron chi connectivity index (χ0n) is 14.0. The van der Waals surface area contributed by atoms with Gasteiger partial charge in [-0.15, -0.1) is 0 Å². The summed E-state index contributed by atoms with van der Waals surface area (Å²) in [4.78, 5) is 27.7. The molecule has 1 aliphatic heterocycles. The van der Waals surface area contributed by atoms with Crippen LogP contribution >= 0.6 is 0 Å². The van der Waals surface area contributed by atoms with Gasteiger partial charge in [-0.1, -0.05) is 0 Å². The summed E-state index contributed by atoms with van der Waals surface area (Å²) in [6.07, 6.45) is 0.334. The van der Waals surface area contributed by atoms with Gasteiger partial charge in [0.05, 0.1) is 12.6 Å². The summed E-state index contributed by atoms with van der Waals surface area (Å²) in [6.45, 7) is 8.24. The van der Waals surface area contributed by atoms with Crippen LogP contribution in [-0.4, -0.2) is 49.1 Å². The topological polar surface area (TPSA) is 61.9 Å². The lowest BCUT2D eigenvalue weighted by Crippen LogP contribution is -2.45. The van der Waals surface area contributed by atoms with Crippen molar-refractivity contribution in [3.63, 3.8) is 0 Å². The van der Waals surface area contributed by atoms with Crippen molar-refractivity contribution < 1.29 is 14.3 Å². The first-order valence-corrected chi connectivity index (χ1v) is 8.17. The van der Waals surface area contributed by atoms with Crippen LogP contribution < -0.4 is 15.0 Å². The van der Waals surface area contributed by atoms with E-state index in [0.717, 1.165) is 11.4 Å². The van der Waals surface area contributed by atoms with Crippen LogP contribution in [0.5, 0.6) is 5.75 Å². The van der Waals surface area contributed by atoms with Crippen molar-refractivity contribution in [2.75, 3.05) is 31.1 Å². The van der Waals surface area contributed by atoms with Crippen LogP contribution in [0, 0.1) is 0 Å². The van der Waals surface area contributed by atoms with Gasteiger partial charge in [0.15, 0.2) is 0 Å². The van der Waals surface area contributed by atoms with Gasteiger partial charge in [-0.05, 0) is 45.0 Å². The minimum absolute atomic E-state index is 0.0269. The number of nitrogens with zero attached hydrogens (tertiary/aromatic N) is 2. The average molecular weight is 319 g/mol. The second-order valence-electron chi connectivity index (χ2n) is 5.45. The molecule has 0 spiro atoms. The molecule has 0 bridgehead atoms. The number of benzene rings is 1. The van der Waals surface area contributed by atoms with E-state index in [4.69, 9.17) is 4.74 Å². The van der Waals surface area contributed by atoms with E-state index in [0.29, 0.717) is 32.7 Å². The Morgan fingerprint density at radius 2 is 1.91 bits per heavy atom. The highest BCUT2D eigenvalue weighted by atomic mass is 16.5. The van der Waals surface area contributed by atoms with Crippen molar-refractivity contribution in [1.29, 1.82) is 0 Å². The minimum atomic E-state index is -0.151. The third-order valence-electron chi connectivity index (χ3n) is 3.96. The van der Waals surface area contributed by atoms with Gasteiger partial charge in [0.1, 0.15) is 5.75 Å². The highest BCUT2D eigenvalue weighted by Crippen LogP contribution is 2.24. The molecule has 0 saturated carbocycles. The average Bonchev–Trinajstić information content (AvgIpc) is 2.90. The number of hydrogen-bond acceptors (Lipinski definition) is 3. The number of ether oxygens (including phenoxy) is 1. The molecule has 23 heavy (non-hydrogen) atoms. The Kier molecular flexibility index (Phi) is 5.84. The number of amides is 3. The first-order valence-electron chi connectivity index (χ1n) is 8.17. The molecule has 3 amide bonds. The van der Waals surface area contributed by atoms with Gasteiger partial charge in [-0.25, -0.2) is 4.79 Å². The van der Waals surface area contributed by atoms with Crippen molar-refractivity contribution in [1.82, 2.24) is 10.2 Å². The molecule has 0 aliphatic carbocycles. The molecule has 0 radical (unpaired) electrons. The fourth-order valence-corrected chi connectivity index (χ4v) is 2.72. The molecule has 0 unspecified atom stereocenters. The fourth-order valence-electron chi connectivity index (χ4n) is 2.72. The van der Waals surface area contributed by atoms with E-state index in [1.54, 1.807) is 9.80 Å². The van der Waals surface area contributed by atoms with Crippen LogP contribution in [0.2, 0.25) is 0 Å². The van der Waals surface area contributed by atoms with E-state index < -0.39 is 0 Å². The minimum Gasteiger partial charge on any atom is -0.494 e. The van der Waals surface area contributed by atoms with Crippen LogP contribution in [0.3, 0.4) is 0 Å². The molecule has 126 valence electrons. The summed E-state index contributed by atoms with van der Waals surface area (Å²) in [7, 11) is 0. The normalized spacial score (nSPS) is 17.3. The maximum absolute atomic E-state index is 12.2. The molecule has 1 atom stereocenters. The molecule has 0 aromatic heterocycles. The van der Waals surface area contributed by atoms with Crippen molar-refractivity contribution in [2.45, 2.75) is 33.2 Å². The summed E-state index contributed by atoms with van der Waals surface area (Å²) in [6, 6.07) is 7.19. The Labute approximate surface area is 137 Å². The molecule has 6 nitrogen and oxygen atoms in total. The smallest absolute Gasteiger partial charge is 0.317 e. The van der Waals surface area contributed by atoms with Crippen LogP contribution in [0.25, 0.3) is 0 Å². The lowest BCUT2D eigenvalue weighted by Gasteiger charge is -2.22. The summed E-state index contributed by atoms with van der Waals surface area (Å²) < 4.78 is 5.41. The van der Waals surface area contributed by atoms with Gasteiger partial charge < -0.3 is 19.9 Å². The van der Waals surface area contributed by atoms with Crippen molar-refractivity contribution in [2.24, 2.45) is 0 Å². The van der Waals surface area contributed by atoms with E-state index in [1.807, 2.05) is 45.0 Å². The number of nitrogens with one attached hydrogen (secondary N) is 1. The van der Waals surface area contributed by atoms with Crippen LogP contribution in [0.4, 0.5) is 10.5 Å². The molecule has 1 fully saturated rings. The Bertz CT molecular complexity index is 541. The second-order valence-corrected chi connectivity index (χ2v) is 5.45. The van der Waals surface area contributed by atoms with E-state index in [-0.39, 0.29) is 18.0 Å². The largest absolute Gasteiger partial charge is 0.494 e. The number of carbonyl (C=O) groups excluding carboxylic acids is 2. The standard InChI is InChI=1S/C17H25N3O3/c1-4-19(5-2)17(22)18-13-11-16(21)20(12-13)14-7-9-15(10-8-14)23-6-3/h7-10,13H,4-6,11-12H2,1-3H3,(H,18,22)/t13-/m0/s1. The van der Waals surface area contributed by atoms with E-state index in [2.05, 4.69) is 5.32 Å². The summed E-state index contributed by atoms with van der Waals surface area (Å²) in [5, 5.41) is 2.94. The fraction of sp³-hybridized carbons (Fsp3) is 0.529. The van der Waals surface area contributed by atoms with Crippen LogP contribution in [-0.2, 0) is 4.79 Å². The van der Waals surface area contributed by atoms with E-state index >= 15 is 0 Å². The predicted octanol–water partition coefficient (Wildman–Crippen LogP) is 2.24. The first kappa shape index (κ1) is 17.1. The third-order valence-corrected chi connectivity index (χ3v) is 3.96. The molecule has 1 heterocycles. The SMILES string of the molecule is CCOc1ccc(N2C[C@@H](NC(=O)N(CC)CC)CC2=O)cc1. The van der Waals surface area contributed by atoms with Crippen LogP contribution in [0.1, 0.15) is 27.2 Å². The summed E-state index contributed by atoms with van der Waals surface area (Å²) in [5.74, 6) is 0.813. The highest BCUT2D eigenvalue weighted by molar-refractivity contribution is 5.96. The number of carbonyl (C=O) groups is 2. The zero-order chi connectivity index (χ0) is 16.8. The summed E-state index contributed by atoms with van der Waals surface area (Å²) in [5.41, 5.74) is 0.832. The van der Waals surface area contributed by atoms with Gasteiger partial charge in [0.2, 0.25) is 5.91 Å². The molecule has 1 N–H and O–H groups in total. The van der Waals surface area contributed by atoms with Crippen molar-refractivity contribution in [3.8, 4) is 5.75 Å². The maximum Gasteiger partial charge on any atom is 0.317 e. The number of rotatable bonds is 6. The van der Waals surface area contributed by atoms with Crippen LogP contribution in [0.15, 0.2) is 24.3 Å². The molecule has 1 saturated heterocycles. The predicted molar refractivity (Wildman–Crippen MR) is 89.8 cm³/mol. The maximum atomic E-state index is 12.2. The van der Waals surface area contributed by atoms with E-state index in [9.17, 15) is 9.59 Å². The van der Waals surface area contributed by atoms with Gasteiger partial charge in [-0.3, -0.25) is 4.79 Å². The molecule has 6 heteroatoms. The molecular formula is C17H25N3O3. The van der Waals surface area contributed by atoms with Gasteiger partial charge in [0.25, 0.3) is 0 Å². The van der Waals surface area contributed by atoms with Crippen molar-refractivity contribution >= 4 is 17.6 Å². The zero-order valence-corrected chi connectivity index (χ0v) is 14.0. The lowest BCUT2D eigenvalue weighted by atomic mass is 10.2. The Morgan fingerprint density at radius 1 is 1.26 bits per heavy atom. The first-order chi connectivity index (χ1) is 11.1. The quantitative estimate of drug-likeness (QED) is 0.875. The van der Waals surface area contributed by atoms with Gasteiger partial charge in [0, 0.05) is 31.7 Å². The molecular weight excluding hydrogens is 294 g/mol. The second kappa shape index (κ2) is 7.85. The van der Waals surface area contributed by atoms with Gasteiger partial charge >= 0.3 is 6.03 Å². The third kappa shape index (κ3) is 4.15. The van der Waals surface area contributed by atoms with E-state index in [1.165, 1.54) is 0 Å². The number of urea groups is 1. The highest BCUT2D eigenvalue weighted by Gasteiger charge is 2.32. The Balaban J connectivity index is 1.98. The van der Waals surface area contributed by atoms with Crippen molar-refractivity contribution in [3.05, 3.63) is 24.3 Å². The Morgan fingerprint density at radius 3 is 2.48 bits per heavy atom. The summed E-state index contributed by atoms with van der Waals surface area (Å²) >= 11 is 0.